The zero-order chi connectivity index (χ0) is 13.1. The average molecular weight is 303 g/mol. The Labute approximate surface area is 118 Å². The number of hydrogen-bond acceptors (Lipinski definition) is 3. The second-order valence-corrected chi connectivity index (χ2v) is 4.62. The molecule has 0 saturated heterocycles. The van der Waals surface area contributed by atoms with Crippen LogP contribution in [0.2, 0.25) is 0 Å². The van der Waals surface area contributed by atoms with Crippen LogP contribution in [-0.4, -0.2) is 11.0 Å². The third kappa shape index (κ3) is 2.75. The molecular formula is C12H6Cl3NO2. The third-order valence-electron chi connectivity index (χ3n) is 2.14. The maximum atomic E-state index is 11.6. The highest BCUT2D eigenvalue weighted by molar-refractivity contribution is 6.62. The lowest BCUT2D eigenvalue weighted by Gasteiger charge is -2.06. The highest BCUT2D eigenvalue weighted by atomic mass is 35.5. The molecule has 0 saturated carbocycles. The predicted octanol–water partition coefficient (Wildman–Crippen LogP) is 4.03. The van der Waals surface area contributed by atoms with Gasteiger partial charge in [-0.15, -0.1) is 0 Å². The summed E-state index contributed by atoms with van der Waals surface area (Å²) in [7, 11) is 0. The second kappa shape index (κ2) is 5.57. The van der Waals surface area contributed by atoms with Crippen molar-refractivity contribution in [1.82, 2.24) is 4.98 Å². The van der Waals surface area contributed by atoms with Gasteiger partial charge in [0.25, 0.3) is 0 Å². The van der Waals surface area contributed by atoms with Gasteiger partial charge in [0.15, 0.2) is 10.8 Å². The van der Waals surface area contributed by atoms with Crippen LogP contribution in [0.4, 0.5) is 0 Å². The van der Waals surface area contributed by atoms with Gasteiger partial charge in [-0.25, -0.2) is 4.79 Å². The number of benzene rings is 1. The molecule has 0 atom stereocenters. The topological polar surface area (TPSA) is 39.2 Å². The van der Waals surface area contributed by atoms with E-state index >= 15 is 0 Å². The molecule has 2 rings (SSSR count). The summed E-state index contributed by atoms with van der Waals surface area (Å²) in [6.07, 6.45) is 1.60. The number of aromatic nitrogens is 1. The van der Waals surface area contributed by atoms with Gasteiger partial charge >= 0.3 is 5.97 Å². The number of nitrogens with zero attached hydrogens (tertiary/aromatic N) is 1. The fourth-order valence-corrected chi connectivity index (χ4v) is 1.57. The lowest BCUT2D eigenvalue weighted by Crippen LogP contribution is -2.08. The number of carbonyl (C=O) groups excluding carboxylic acids is 1. The van der Waals surface area contributed by atoms with Gasteiger partial charge in [-0.05, 0) is 12.1 Å². The highest BCUT2D eigenvalue weighted by Crippen LogP contribution is 2.25. The lowest BCUT2D eigenvalue weighted by atomic mass is 10.2. The van der Waals surface area contributed by atoms with E-state index in [-0.39, 0.29) is 9.52 Å². The van der Waals surface area contributed by atoms with E-state index in [1.165, 1.54) is 0 Å². The van der Waals surface area contributed by atoms with E-state index in [1.807, 2.05) is 12.1 Å². The standard InChI is InChI=1S/C12H6Cl3NO2/c13-9(11(14)15)12(17)18-8-5-1-3-7-4-2-6-16-10(7)8/h1-6H. The molecule has 1 aromatic carbocycles. The van der Waals surface area contributed by atoms with Gasteiger partial charge in [-0.1, -0.05) is 53.0 Å². The van der Waals surface area contributed by atoms with Crippen molar-refractivity contribution in [2.45, 2.75) is 0 Å². The van der Waals surface area contributed by atoms with Crippen molar-refractivity contribution in [3.63, 3.8) is 0 Å². The number of pyridine rings is 1. The molecule has 6 heteroatoms. The number of rotatable bonds is 2. The van der Waals surface area contributed by atoms with Crippen molar-refractivity contribution in [2.24, 2.45) is 0 Å². The Hall–Kier alpha value is -1.29. The molecular weight excluding hydrogens is 296 g/mol. The molecule has 0 amide bonds. The molecule has 1 heterocycles. The Morgan fingerprint density at radius 3 is 2.56 bits per heavy atom. The Balaban J connectivity index is 2.39. The Kier molecular flexibility index (Phi) is 4.07. The van der Waals surface area contributed by atoms with Gasteiger partial charge in [0, 0.05) is 11.6 Å². The predicted molar refractivity (Wildman–Crippen MR) is 72.0 cm³/mol. The molecule has 2 aromatic rings. The van der Waals surface area contributed by atoms with E-state index in [2.05, 4.69) is 4.98 Å². The Morgan fingerprint density at radius 1 is 1.11 bits per heavy atom. The molecule has 3 nitrogen and oxygen atoms in total. The summed E-state index contributed by atoms with van der Waals surface area (Å²) in [4.78, 5) is 15.7. The van der Waals surface area contributed by atoms with Crippen molar-refractivity contribution in [3.8, 4) is 5.75 Å². The molecule has 0 radical (unpaired) electrons. The van der Waals surface area contributed by atoms with Crippen LogP contribution in [-0.2, 0) is 4.79 Å². The quantitative estimate of drug-likeness (QED) is 0.478. The highest BCUT2D eigenvalue weighted by Gasteiger charge is 2.15. The Bertz CT molecular complexity index is 631. The molecule has 0 aliphatic carbocycles. The SMILES string of the molecule is O=C(Oc1cccc2cccnc12)C(Cl)=C(Cl)Cl. The number of para-hydroxylation sites is 1. The summed E-state index contributed by atoms with van der Waals surface area (Å²) in [5.74, 6) is -0.527. The molecule has 0 unspecified atom stereocenters. The van der Waals surface area contributed by atoms with Gasteiger partial charge in [-0.2, -0.15) is 0 Å². The fraction of sp³-hybridized carbons (Fsp3) is 0. The van der Waals surface area contributed by atoms with E-state index in [0.717, 1.165) is 5.39 Å². The molecule has 18 heavy (non-hydrogen) atoms. The minimum absolute atomic E-state index is 0.297. The summed E-state index contributed by atoms with van der Waals surface area (Å²) in [6.45, 7) is 0. The first-order valence-corrected chi connectivity index (χ1v) is 5.99. The van der Waals surface area contributed by atoms with Crippen molar-refractivity contribution in [2.75, 3.05) is 0 Å². The zero-order valence-corrected chi connectivity index (χ0v) is 11.1. The minimum atomic E-state index is -0.824. The van der Waals surface area contributed by atoms with Crippen molar-refractivity contribution < 1.29 is 9.53 Å². The number of carbonyl (C=O) groups is 1. The molecule has 0 aliphatic rings. The summed E-state index contributed by atoms with van der Waals surface area (Å²) in [5.41, 5.74) is 0.559. The minimum Gasteiger partial charge on any atom is -0.420 e. The van der Waals surface area contributed by atoms with E-state index in [0.29, 0.717) is 11.3 Å². The molecule has 0 spiro atoms. The fourth-order valence-electron chi connectivity index (χ4n) is 1.38. The average Bonchev–Trinajstić information content (AvgIpc) is 2.38. The summed E-state index contributed by atoms with van der Waals surface area (Å²) >= 11 is 16.4. The van der Waals surface area contributed by atoms with Crippen molar-refractivity contribution in [1.29, 1.82) is 0 Å². The maximum absolute atomic E-state index is 11.6. The molecule has 0 fully saturated rings. The van der Waals surface area contributed by atoms with E-state index in [9.17, 15) is 4.79 Å². The number of fused-ring (bicyclic) bond motifs is 1. The summed E-state index contributed by atoms with van der Waals surface area (Å²) in [6, 6.07) is 8.85. The molecule has 1 aromatic heterocycles. The van der Waals surface area contributed by atoms with Crippen LogP contribution in [0.5, 0.6) is 5.75 Å². The first kappa shape index (κ1) is 13.1. The van der Waals surface area contributed by atoms with Gasteiger partial charge < -0.3 is 4.74 Å². The van der Waals surface area contributed by atoms with Crippen LogP contribution in [0.1, 0.15) is 0 Å². The smallest absolute Gasteiger partial charge is 0.357 e. The zero-order valence-electron chi connectivity index (χ0n) is 8.86. The van der Waals surface area contributed by atoms with E-state index in [1.54, 1.807) is 24.4 Å². The van der Waals surface area contributed by atoms with Gasteiger partial charge in [0.1, 0.15) is 10.0 Å². The summed E-state index contributed by atoms with van der Waals surface area (Å²) < 4.78 is 4.75. The number of esters is 1. The molecule has 0 bridgehead atoms. The maximum Gasteiger partial charge on any atom is 0.357 e. The number of hydrogen-bond donors (Lipinski definition) is 0. The molecule has 92 valence electrons. The molecule has 0 N–H and O–H groups in total. The monoisotopic (exact) mass is 301 g/mol. The van der Waals surface area contributed by atoms with Crippen LogP contribution in [0.25, 0.3) is 10.9 Å². The first-order chi connectivity index (χ1) is 8.59. The van der Waals surface area contributed by atoms with Gasteiger partial charge in [-0.3, -0.25) is 4.98 Å². The van der Waals surface area contributed by atoms with Crippen LogP contribution in [0.15, 0.2) is 46.1 Å². The van der Waals surface area contributed by atoms with Crippen molar-refractivity contribution >= 4 is 51.7 Å². The normalized spacial score (nSPS) is 10.2. The van der Waals surface area contributed by atoms with Crippen LogP contribution in [0, 0.1) is 0 Å². The number of halogens is 3. The second-order valence-electron chi connectivity index (χ2n) is 3.30. The van der Waals surface area contributed by atoms with Gasteiger partial charge in [0.05, 0.1) is 0 Å². The van der Waals surface area contributed by atoms with Crippen molar-refractivity contribution in [3.05, 3.63) is 46.1 Å². The lowest BCUT2D eigenvalue weighted by molar-refractivity contribution is -0.129. The van der Waals surface area contributed by atoms with E-state index in [4.69, 9.17) is 39.5 Å². The number of ether oxygens (including phenoxy) is 1. The van der Waals surface area contributed by atoms with Crippen LogP contribution in [0.3, 0.4) is 0 Å². The third-order valence-corrected chi connectivity index (χ3v) is 3.06. The van der Waals surface area contributed by atoms with Crippen LogP contribution < -0.4 is 4.74 Å². The molecule has 0 aliphatic heterocycles. The first-order valence-electron chi connectivity index (χ1n) is 4.86. The Morgan fingerprint density at radius 2 is 1.83 bits per heavy atom. The largest absolute Gasteiger partial charge is 0.420 e. The van der Waals surface area contributed by atoms with Gasteiger partial charge in [0.2, 0.25) is 0 Å². The van der Waals surface area contributed by atoms with Crippen LogP contribution >= 0.6 is 34.8 Å². The van der Waals surface area contributed by atoms with E-state index < -0.39 is 5.97 Å². The summed E-state index contributed by atoms with van der Waals surface area (Å²) in [5, 5.41) is 0.478.